The van der Waals surface area contributed by atoms with E-state index < -0.39 is 0 Å². The van der Waals surface area contributed by atoms with Crippen LogP contribution in [0.4, 0.5) is 0 Å². The Kier molecular flexibility index (Phi) is 5.87. The molecule has 0 amide bonds. The third-order valence-corrected chi connectivity index (χ3v) is 4.79. The number of benzene rings is 1. The van der Waals surface area contributed by atoms with Crippen LogP contribution in [0.5, 0.6) is 5.75 Å². The number of carbonyl (C=O) groups excluding carboxylic acids is 1. The van der Waals surface area contributed by atoms with Crippen LogP contribution in [-0.4, -0.2) is 22.3 Å². The highest BCUT2D eigenvalue weighted by atomic mass is 79.9. The molecule has 1 heterocycles. The number of aryl methyl sites for hydroxylation is 1. The average Bonchev–Trinajstić information content (AvgIpc) is 2.80. The molecule has 1 aromatic heterocycles. The summed E-state index contributed by atoms with van der Waals surface area (Å²) in [6.07, 6.45) is 1.01. The number of hydrogen-bond acceptors (Lipinski definition) is 3. The Morgan fingerprint density at radius 2 is 2.13 bits per heavy atom. The molecule has 0 N–H and O–H groups in total. The molecular formula is C17H20BrClN2O2. The topological polar surface area (TPSA) is 44.1 Å². The largest absolute Gasteiger partial charge is 0.482 e. The van der Waals surface area contributed by atoms with E-state index in [-0.39, 0.29) is 12.5 Å². The van der Waals surface area contributed by atoms with Crippen molar-refractivity contribution in [3.05, 3.63) is 44.6 Å². The molecule has 1 aromatic carbocycles. The van der Waals surface area contributed by atoms with Crippen molar-refractivity contribution >= 4 is 33.4 Å². The number of rotatable bonds is 5. The van der Waals surface area contributed by atoms with Crippen molar-refractivity contribution in [3.8, 4) is 5.75 Å². The molecule has 4 nitrogen and oxygen atoms in total. The fourth-order valence-electron chi connectivity index (χ4n) is 2.61. The Balaban J connectivity index is 2.15. The number of aromatic nitrogens is 2. The van der Waals surface area contributed by atoms with E-state index in [4.69, 9.17) is 16.3 Å². The van der Waals surface area contributed by atoms with Crippen LogP contribution in [-0.2, 0) is 0 Å². The first-order valence-electron chi connectivity index (χ1n) is 7.52. The van der Waals surface area contributed by atoms with Crippen molar-refractivity contribution in [2.45, 2.75) is 40.0 Å². The molecule has 0 saturated carbocycles. The Bertz CT molecular complexity index is 728. The van der Waals surface area contributed by atoms with Crippen LogP contribution in [0.3, 0.4) is 0 Å². The molecule has 2 rings (SSSR count). The third kappa shape index (κ3) is 3.96. The summed E-state index contributed by atoms with van der Waals surface area (Å²) in [4.78, 5) is 12.4. The highest BCUT2D eigenvalue weighted by Crippen LogP contribution is 2.28. The number of carbonyl (C=O) groups is 1. The Morgan fingerprint density at radius 3 is 2.74 bits per heavy atom. The normalized spacial score (nSPS) is 12.3. The van der Waals surface area contributed by atoms with Crippen LogP contribution < -0.4 is 4.74 Å². The number of halogens is 2. The van der Waals surface area contributed by atoms with E-state index in [9.17, 15) is 4.79 Å². The number of hydrogen-bond donors (Lipinski definition) is 0. The van der Waals surface area contributed by atoms with Crippen LogP contribution in [0, 0.1) is 13.8 Å². The second-order valence-electron chi connectivity index (χ2n) is 5.56. The van der Waals surface area contributed by atoms with Crippen molar-refractivity contribution < 1.29 is 9.53 Å². The quantitative estimate of drug-likeness (QED) is 0.698. The van der Waals surface area contributed by atoms with Crippen LogP contribution in [0.15, 0.2) is 22.7 Å². The van der Waals surface area contributed by atoms with Crippen molar-refractivity contribution in [1.82, 2.24) is 9.78 Å². The summed E-state index contributed by atoms with van der Waals surface area (Å²) >= 11 is 9.26. The molecule has 0 radical (unpaired) electrons. The minimum atomic E-state index is -0.193. The van der Waals surface area contributed by atoms with E-state index >= 15 is 0 Å². The van der Waals surface area contributed by atoms with E-state index in [1.807, 2.05) is 13.8 Å². The molecule has 0 fully saturated rings. The van der Waals surface area contributed by atoms with Crippen molar-refractivity contribution in [1.29, 1.82) is 0 Å². The molecule has 0 bridgehead atoms. The van der Waals surface area contributed by atoms with Crippen molar-refractivity contribution in [2.24, 2.45) is 0 Å². The van der Waals surface area contributed by atoms with Gasteiger partial charge in [-0.1, -0.05) is 25.4 Å². The average molecular weight is 400 g/mol. The predicted octanol–water partition coefficient (Wildman–Crippen LogP) is 5.15. The fourth-order valence-corrected chi connectivity index (χ4v) is 3.40. The van der Waals surface area contributed by atoms with Gasteiger partial charge in [-0.2, -0.15) is 5.10 Å². The summed E-state index contributed by atoms with van der Waals surface area (Å²) < 4.78 is 7.74. The summed E-state index contributed by atoms with van der Waals surface area (Å²) in [5, 5.41) is 4.99. The molecule has 2 aromatic rings. The van der Waals surface area contributed by atoms with Crippen LogP contribution in [0.25, 0.3) is 0 Å². The lowest BCUT2D eigenvalue weighted by atomic mass is 9.97. The van der Waals surface area contributed by atoms with Gasteiger partial charge in [-0.25, -0.2) is 4.68 Å². The van der Waals surface area contributed by atoms with Gasteiger partial charge in [-0.05, 0) is 65.9 Å². The standard InChI is InChI=1S/C17H20BrClN2O2/c1-5-10(2)17-11(3)20-21(12(17)4)16(22)9-23-15-7-6-13(19)8-14(15)18/h6-8,10H,5,9H2,1-4H3. The van der Waals surface area contributed by atoms with Crippen molar-refractivity contribution in [2.75, 3.05) is 6.61 Å². The van der Waals surface area contributed by atoms with Gasteiger partial charge in [0.05, 0.1) is 10.2 Å². The smallest absolute Gasteiger partial charge is 0.284 e. The highest BCUT2D eigenvalue weighted by Gasteiger charge is 2.20. The van der Waals surface area contributed by atoms with E-state index in [2.05, 4.69) is 34.9 Å². The molecule has 0 saturated heterocycles. The maximum absolute atomic E-state index is 12.4. The molecule has 6 heteroatoms. The summed E-state index contributed by atoms with van der Waals surface area (Å²) in [5.41, 5.74) is 2.94. The molecule has 1 atom stereocenters. The first-order valence-corrected chi connectivity index (χ1v) is 8.69. The van der Waals surface area contributed by atoms with Crippen molar-refractivity contribution in [3.63, 3.8) is 0 Å². The SMILES string of the molecule is CCC(C)c1c(C)nn(C(=O)COc2ccc(Cl)cc2Br)c1C. The zero-order valence-corrected chi connectivity index (χ0v) is 16.0. The van der Waals surface area contributed by atoms with E-state index in [0.717, 1.165) is 23.4 Å². The fraction of sp³-hybridized carbons (Fsp3) is 0.412. The molecule has 0 aliphatic rings. The monoisotopic (exact) mass is 398 g/mol. The first kappa shape index (κ1) is 18.0. The molecule has 23 heavy (non-hydrogen) atoms. The summed E-state index contributed by atoms with van der Waals surface area (Å²) in [6, 6.07) is 5.17. The minimum absolute atomic E-state index is 0.0812. The predicted molar refractivity (Wildman–Crippen MR) is 95.7 cm³/mol. The number of ether oxygens (including phenoxy) is 1. The molecule has 0 aliphatic heterocycles. The Hall–Kier alpha value is -1.33. The Labute approximate surface area is 149 Å². The van der Waals surface area contributed by atoms with Gasteiger partial charge >= 0.3 is 0 Å². The molecule has 1 unspecified atom stereocenters. The van der Waals surface area contributed by atoms with Crippen LogP contribution >= 0.6 is 27.5 Å². The highest BCUT2D eigenvalue weighted by molar-refractivity contribution is 9.10. The third-order valence-electron chi connectivity index (χ3n) is 3.93. The zero-order valence-electron chi connectivity index (χ0n) is 13.7. The Morgan fingerprint density at radius 1 is 1.43 bits per heavy atom. The van der Waals surface area contributed by atoms with Gasteiger partial charge in [0.2, 0.25) is 0 Å². The molecule has 0 aliphatic carbocycles. The maximum atomic E-state index is 12.4. The van der Waals surface area contributed by atoms with Gasteiger partial charge in [-0.15, -0.1) is 0 Å². The lowest BCUT2D eigenvalue weighted by Crippen LogP contribution is -2.22. The van der Waals surface area contributed by atoms with Gasteiger partial charge in [0.15, 0.2) is 6.61 Å². The zero-order chi connectivity index (χ0) is 17.1. The van der Waals surface area contributed by atoms with E-state index in [1.165, 1.54) is 4.68 Å². The van der Waals surface area contributed by atoms with Gasteiger partial charge in [-0.3, -0.25) is 4.79 Å². The van der Waals surface area contributed by atoms with E-state index in [0.29, 0.717) is 21.2 Å². The summed E-state index contributed by atoms with van der Waals surface area (Å²) in [5.74, 6) is 0.760. The van der Waals surface area contributed by atoms with Gasteiger partial charge in [0.25, 0.3) is 5.91 Å². The van der Waals surface area contributed by atoms with Gasteiger partial charge < -0.3 is 4.74 Å². The maximum Gasteiger partial charge on any atom is 0.284 e. The molecule has 124 valence electrons. The second-order valence-corrected chi connectivity index (χ2v) is 6.85. The van der Waals surface area contributed by atoms with Gasteiger partial charge in [0.1, 0.15) is 5.75 Å². The summed E-state index contributed by atoms with van der Waals surface area (Å²) in [7, 11) is 0. The van der Waals surface area contributed by atoms with Crippen LogP contribution in [0.2, 0.25) is 5.02 Å². The molecular weight excluding hydrogens is 380 g/mol. The lowest BCUT2D eigenvalue weighted by Gasteiger charge is -2.10. The van der Waals surface area contributed by atoms with E-state index in [1.54, 1.807) is 18.2 Å². The van der Waals surface area contributed by atoms with Gasteiger partial charge in [0, 0.05) is 10.7 Å². The minimum Gasteiger partial charge on any atom is -0.482 e. The lowest BCUT2D eigenvalue weighted by molar-refractivity contribution is 0.0817. The second kappa shape index (κ2) is 7.49. The summed E-state index contributed by atoms with van der Waals surface area (Å²) in [6.45, 7) is 8.06. The van der Waals surface area contributed by atoms with Crippen LogP contribution in [0.1, 0.15) is 47.9 Å². The first-order chi connectivity index (χ1) is 10.8. The number of nitrogens with zero attached hydrogens (tertiary/aromatic N) is 2. The molecule has 0 spiro atoms.